The fourth-order valence-corrected chi connectivity index (χ4v) is 3.33. The summed E-state index contributed by atoms with van der Waals surface area (Å²) in [5.74, 6) is -0.827. The molecular formula is C21H20Cl2N2O3. The number of benzene rings is 2. The zero-order valence-corrected chi connectivity index (χ0v) is 16.9. The van der Waals surface area contributed by atoms with Crippen LogP contribution in [0.3, 0.4) is 0 Å². The number of H-pyrrole nitrogens is 1. The van der Waals surface area contributed by atoms with Crippen molar-refractivity contribution < 1.29 is 14.3 Å². The Labute approximate surface area is 173 Å². The normalized spacial score (nSPS) is 10.8. The standard InChI is InChI=1S/C21H20Cl2N2O3/c1-13-9-16(22)17(23)10-19(13)25-20(26)12-28-21(27)8-4-5-14-11-24-18-7-3-2-6-15(14)18/h2-3,6-7,9-11,24H,4-5,8,12H2,1H3,(H,25,26). The number of rotatable bonds is 7. The van der Waals surface area contributed by atoms with Crippen molar-refractivity contribution in [1.82, 2.24) is 4.98 Å². The minimum Gasteiger partial charge on any atom is -0.456 e. The third kappa shape index (κ3) is 5.06. The van der Waals surface area contributed by atoms with E-state index in [1.807, 2.05) is 24.4 Å². The van der Waals surface area contributed by atoms with Crippen LogP contribution in [0.25, 0.3) is 10.9 Å². The molecule has 0 aliphatic carbocycles. The smallest absolute Gasteiger partial charge is 0.306 e. The lowest BCUT2D eigenvalue weighted by atomic mass is 10.1. The van der Waals surface area contributed by atoms with E-state index in [1.165, 1.54) is 0 Å². The average molecular weight is 419 g/mol. The second-order valence-corrected chi connectivity index (χ2v) is 7.32. The first-order chi connectivity index (χ1) is 13.4. The van der Waals surface area contributed by atoms with Crippen molar-refractivity contribution in [2.24, 2.45) is 0 Å². The number of aryl methyl sites for hydroxylation is 2. The Morgan fingerprint density at radius 2 is 1.89 bits per heavy atom. The molecule has 1 heterocycles. The van der Waals surface area contributed by atoms with Gasteiger partial charge in [-0.05, 0) is 49.1 Å². The molecule has 0 bridgehead atoms. The number of fused-ring (bicyclic) bond motifs is 1. The molecule has 2 aromatic carbocycles. The first-order valence-corrected chi connectivity index (χ1v) is 9.66. The summed E-state index contributed by atoms with van der Waals surface area (Å²) in [4.78, 5) is 27.1. The number of halogens is 2. The maximum absolute atomic E-state index is 12.0. The summed E-state index contributed by atoms with van der Waals surface area (Å²) < 4.78 is 5.06. The van der Waals surface area contributed by atoms with Crippen LogP contribution >= 0.6 is 23.2 Å². The van der Waals surface area contributed by atoms with Gasteiger partial charge in [0.25, 0.3) is 5.91 Å². The molecule has 1 aromatic heterocycles. The molecule has 1 amide bonds. The van der Waals surface area contributed by atoms with Gasteiger partial charge in [0, 0.05) is 29.2 Å². The van der Waals surface area contributed by atoms with E-state index in [1.54, 1.807) is 19.1 Å². The predicted molar refractivity (Wildman–Crippen MR) is 112 cm³/mol. The van der Waals surface area contributed by atoms with Crippen molar-refractivity contribution in [2.75, 3.05) is 11.9 Å². The quantitative estimate of drug-likeness (QED) is 0.512. The van der Waals surface area contributed by atoms with Gasteiger partial charge in [0.2, 0.25) is 0 Å². The van der Waals surface area contributed by atoms with Crippen LogP contribution in [0.2, 0.25) is 10.0 Å². The maximum atomic E-state index is 12.0. The molecule has 0 aliphatic heterocycles. The van der Waals surface area contributed by atoms with E-state index < -0.39 is 11.9 Å². The number of carbonyl (C=O) groups excluding carboxylic acids is 2. The monoisotopic (exact) mass is 418 g/mol. The van der Waals surface area contributed by atoms with E-state index in [2.05, 4.69) is 16.4 Å². The molecule has 2 N–H and O–H groups in total. The Kier molecular flexibility index (Phi) is 6.60. The lowest BCUT2D eigenvalue weighted by Crippen LogP contribution is -2.21. The number of esters is 1. The molecule has 7 heteroatoms. The molecule has 0 saturated carbocycles. The highest BCUT2D eigenvalue weighted by Gasteiger charge is 2.11. The number of aromatic nitrogens is 1. The minimum atomic E-state index is -0.425. The molecule has 5 nitrogen and oxygen atoms in total. The van der Waals surface area contributed by atoms with E-state index in [4.69, 9.17) is 27.9 Å². The molecule has 0 radical (unpaired) electrons. The van der Waals surface area contributed by atoms with Crippen LogP contribution in [0.5, 0.6) is 0 Å². The van der Waals surface area contributed by atoms with Gasteiger partial charge in [-0.25, -0.2) is 0 Å². The van der Waals surface area contributed by atoms with E-state index in [-0.39, 0.29) is 13.0 Å². The van der Waals surface area contributed by atoms with E-state index in [0.717, 1.165) is 28.5 Å². The SMILES string of the molecule is Cc1cc(Cl)c(Cl)cc1NC(=O)COC(=O)CCCc1c[nH]c2ccccc12. The van der Waals surface area contributed by atoms with Crippen LogP contribution in [0.1, 0.15) is 24.0 Å². The lowest BCUT2D eigenvalue weighted by molar-refractivity contribution is -0.147. The van der Waals surface area contributed by atoms with Gasteiger partial charge >= 0.3 is 5.97 Å². The van der Waals surface area contributed by atoms with Crippen molar-refractivity contribution in [2.45, 2.75) is 26.2 Å². The van der Waals surface area contributed by atoms with Gasteiger partial charge in [0.15, 0.2) is 6.61 Å². The molecular weight excluding hydrogens is 399 g/mol. The van der Waals surface area contributed by atoms with Crippen molar-refractivity contribution in [3.8, 4) is 0 Å². The number of aromatic amines is 1. The van der Waals surface area contributed by atoms with Gasteiger partial charge in [0.1, 0.15) is 0 Å². The highest BCUT2D eigenvalue weighted by atomic mass is 35.5. The van der Waals surface area contributed by atoms with Gasteiger partial charge in [-0.1, -0.05) is 41.4 Å². The number of amides is 1. The molecule has 3 aromatic rings. The van der Waals surface area contributed by atoms with Crippen LogP contribution in [-0.2, 0) is 20.7 Å². The Morgan fingerprint density at radius 1 is 1.14 bits per heavy atom. The third-order valence-corrected chi connectivity index (χ3v) is 5.13. The summed E-state index contributed by atoms with van der Waals surface area (Å²) in [5.41, 5.74) is 3.55. The molecule has 0 spiro atoms. The van der Waals surface area contributed by atoms with Gasteiger partial charge in [-0.15, -0.1) is 0 Å². The Hall–Kier alpha value is -2.50. The van der Waals surface area contributed by atoms with E-state index in [9.17, 15) is 9.59 Å². The lowest BCUT2D eigenvalue weighted by Gasteiger charge is -2.10. The maximum Gasteiger partial charge on any atom is 0.306 e. The van der Waals surface area contributed by atoms with Crippen LogP contribution in [0.4, 0.5) is 5.69 Å². The van der Waals surface area contributed by atoms with E-state index >= 15 is 0 Å². The average Bonchev–Trinajstić information content (AvgIpc) is 3.08. The first-order valence-electron chi connectivity index (χ1n) is 8.90. The van der Waals surface area contributed by atoms with Gasteiger partial charge in [0.05, 0.1) is 10.0 Å². The van der Waals surface area contributed by atoms with Gasteiger partial charge in [-0.3, -0.25) is 9.59 Å². The van der Waals surface area contributed by atoms with Crippen LogP contribution in [0.15, 0.2) is 42.6 Å². The number of hydrogen-bond donors (Lipinski definition) is 2. The molecule has 146 valence electrons. The van der Waals surface area contributed by atoms with Crippen molar-refractivity contribution >= 4 is 51.7 Å². The number of carbonyl (C=O) groups is 2. The van der Waals surface area contributed by atoms with Crippen molar-refractivity contribution in [3.05, 3.63) is 63.8 Å². The Bertz CT molecular complexity index is 1010. The van der Waals surface area contributed by atoms with Crippen LogP contribution in [-0.4, -0.2) is 23.5 Å². The Balaban J connectivity index is 1.43. The second kappa shape index (κ2) is 9.13. The number of nitrogens with one attached hydrogen (secondary N) is 2. The zero-order valence-electron chi connectivity index (χ0n) is 15.4. The Morgan fingerprint density at radius 3 is 2.71 bits per heavy atom. The second-order valence-electron chi connectivity index (χ2n) is 6.50. The van der Waals surface area contributed by atoms with Crippen LogP contribution < -0.4 is 5.32 Å². The summed E-state index contributed by atoms with van der Waals surface area (Å²) in [6, 6.07) is 11.3. The molecule has 0 saturated heterocycles. The van der Waals surface area contributed by atoms with Crippen molar-refractivity contribution in [1.29, 1.82) is 0 Å². The van der Waals surface area contributed by atoms with E-state index in [0.29, 0.717) is 22.2 Å². The van der Waals surface area contributed by atoms with Crippen LogP contribution in [0, 0.1) is 6.92 Å². The summed E-state index contributed by atoms with van der Waals surface area (Å²) in [6.45, 7) is 1.46. The van der Waals surface area contributed by atoms with Crippen molar-refractivity contribution in [3.63, 3.8) is 0 Å². The molecule has 28 heavy (non-hydrogen) atoms. The zero-order chi connectivity index (χ0) is 20.1. The topological polar surface area (TPSA) is 71.2 Å². The number of ether oxygens (including phenoxy) is 1. The van der Waals surface area contributed by atoms with Gasteiger partial charge < -0.3 is 15.0 Å². The summed E-state index contributed by atoms with van der Waals surface area (Å²) >= 11 is 11.9. The third-order valence-electron chi connectivity index (χ3n) is 4.41. The molecule has 0 fully saturated rings. The first kappa shape index (κ1) is 20.2. The highest BCUT2D eigenvalue weighted by Crippen LogP contribution is 2.28. The molecule has 3 rings (SSSR count). The molecule has 0 unspecified atom stereocenters. The summed E-state index contributed by atoms with van der Waals surface area (Å²) in [6.07, 6.45) is 3.61. The number of para-hydroxylation sites is 1. The summed E-state index contributed by atoms with van der Waals surface area (Å²) in [5, 5.41) is 4.59. The molecule has 0 aliphatic rings. The van der Waals surface area contributed by atoms with Gasteiger partial charge in [-0.2, -0.15) is 0 Å². The largest absolute Gasteiger partial charge is 0.456 e. The minimum absolute atomic E-state index is 0.249. The fourth-order valence-electron chi connectivity index (χ4n) is 2.95. The number of hydrogen-bond acceptors (Lipinski definition) is 3. The number of anilines is 1. The predicted octanol–water partition coefficient (Wildman–Crippen LogP) is 5.29. The fraction of sp³-hybridized carbons (Fsp3) is 0.238. The highest BCUT2D eigenvalue weighted by molar-refractivity contribution is 6.42. The summed E-state index contributed by atoms with van der Waals surface area (Å²) in [7, 11) is 0. The molecule has 0 atom stereocenters.